The molecule has 4 rings (SSSR count). The molecule has 0 atom stereocenters. The smallest absolute Gasteiger partial charge is 0.265 e. The van der Waals surface area contributed by atoms with E-state index in [-0.39, 0.29) is 24.3 Å². The van der Waals surface area contributed by atoms with Gasteiger partial charge in [0.05, 0.1) is 12.2 Å². The molecule has 5 nitrogen and oxygen atoms in total. The molecule has 0 saturated heterocycles. The zero-order valence-electron chi connectivity index (χ0n) is 13.2. The summed E-state index contributed by atoms with van der Waals surface area (Å²) in [7, 11) is 0. The minimum absolute atomic E-state index is 0.0137. The molecule has 2 amide bonds. The molecule has 0 spiro atoms. The van der Waals surface area contributed by atoms with Crippen molar-refractivity contribution in [3.63, 3.8) is 0 Å². The average molecular weight is 322 g/mol. The largest absolute Gasteiger partial charge is 0.481 e. The first-order valence-corrected chi connectivity index (χ1v) is 8.13. The molecule has 5 heteroatoms. The summed E-state index contributed by atoms with van der Waals surface area (Å²) >= 11 is 0. The Morgan fingerprint density at radius 2 is 1.96 bits per heavy atom. The quantitative estimate of drug-likeness (QED) is 0.941. The second-order valence-corrected chi connectivity index (χ2v) is 6.20. The van der Waals surface area contributed by atoms with E-state index in [1.54, 1.807) is 11.0 Å². The van der Waals surface area contributed by atoms with Gasteiger partial charge in [-0.1, -0.05) is 30.3 Å². The second-order valence-electron chi connectivity index (χ2n) is 6.20. The van der Waals surface area contributed by atoms with Crippen LogP contribution in [0.5, 0.6) is 5.75 Å². The standard InChI is InChI=1S/C19H18N2O3/c22-18-12-24-17-10-15(20-19(23)14-6-7-14)8-9-16(17)21(18)11-13-4-2-1-3-5-13/h1-5,8-10,14H,6-7,11-12H2,(H,20,23). The average Bonchev–Trinajstić information content (AvgIpc) is 3.43. The molecule has 1 fully saturated rings. The molecule has 2 aromatic carbocycles. The molecule has 0 radical (unpaired) electrons. The third-order valence-corrected chi connectivity index (χ3v) is 4.30. The lowest BCUT2D eigenvalue weighted by molar-refractivity contribution is -0.121. The summed E-state index contributed by atoms with van der Waals surface area (Å²) in [6.07, 6.45) is 1.93. The number of hydrogen-bond donors (Lipinski definition) is 1. The third-order valence-electron chi connectivity index (χ3n) is 4.30. The van der Waals surface area contributed by atoms with E-state index in [1.165, 1.54) is 0 Å². The van der Waals surface area contributed by atoms with Crippen molar-refractivity contribution in [3.8, 4) is 5.75 Å². The number of fused-ring (bicyclic) bond motifs is 1. The molecule has 1 aliphatic carbocycles. The lowest BCUT2D eigenvalue weighted by Crippen LogP contribution is -2.38. The number of nitrogens with one attached hydrogen (secondary N) is 1. The van der Waals surface area contributed by atoms with Gasteiger partial charge in [-0.05, 0) is 30.5 Å². The van der Waals surface area contributed by atoms with Gasteiger partial charge < -0.3 is 15.0 Å². The number of carbonyl (C=O) groups excluding carboxylic acids is 2. The number of benzene rings is 2. The van der Waals surface area contributed by atoms with Gasteiger partial charge in [0.25, 0.3) is 5.91 Å². The van der Waals surface area contributed by atoms with Crippen LogP contribution in [0.15, 0.2) is 48.5 Å². The maximum atomic E-state index is 12.3. The van der Waals surface area contributed by atoms with Crippen LogP contribution in [0.2, 0.25) is 0 Å². The Hall–Kier alpha value is -2.82. The Morgan fingerprint density at radius 1 is 1.17 bits per heavy atom. The van der Waals surface area contributed by atoms with E-state index in [9.17, 15) is 9.59 Å². The van der Waals surface area contributed by atoms with Crippen molar-refractivity contribution in [2.45, 2.75) is 19.4 Å². The fourth-order valence-corrected chi connectivity index (χ4v) is 2.81. The first-order chi connectivity index (χ1) is 11.7. The Kier molecular flexibility index (Phi) is 3.69. The van der Waals surface area contributed by atoms with Crippen molar-refractivity contribution in [2.24, 2.45) is 5.92 Å². The summed E-state index contributed by atoms with van der Waals surface area (Å²) in [5, 5.41) is 2.91. The summed E-state index contributed by atoms with van der Waals surface area (Å²) in [5.41, 5.74) is 2.50. The number of anilines is 2. The van der Waals surface area contributed by atoms with Gasteiger partial charge in [-0.2, -0.15) is 0 Å². The molecule has 24 heavy (non-hydrogen) atoms. The molecule has 0 bridgehead atoms. The van der Waals surface area contributed by atoms with Crippen molar-refractivity contribution in [2.75, 3.05) is 16.8 Å². The summed E-state index contributed by atoms with van der Waals surface area (Å²) in [5.74, 6) is 0.765. The minimum Gasteiger partial charge on any atom is -0.481 e. The van der Waals surface area contributed by atoms with Crippen LogP contribution in [0.3, 0.4) is 0 Å². The van der Waals surface area contributed by atoms with Crippen molar-refractivity contribution in [3.05, 3.63) is 54.1 Å². The Labute approximate surface area is 140 Å². The normalized spacial score (nSPS) is 16.3. The first kappa shape index (κ1) is 14.8. The van der Waals surface area contributed by atoms with E-state index in [0.29, 0.717) is 18.0 Å². The predicted octanol–water partition coefficient (Wildman–Crippen LogP) is 2.96. The van der Waals surface area contributed by atoms with Crippen molar-refractivity contribution >= 4 is 23.2 Å². The zero-order valence-corrected chi connectivity index (χ0v) is 13.2. The predicted molar refractivity (Wildman–Crippen MR) is 90.9 cm³/mol. The van der Waals surface area contributed by atoms with Crippen molar-refractivity contribution in [1.82, 2.24) is 0 Å². The lowest BCUT2D eigenvalue weighted by Gasteiger charge is -2.29. The molecule has 1 saturated carbocycles. The number of nitrogens with zero attached hydrogens (tertiary/aromatic N) is 1. The number of ether oxygens (including phenoxy) is 1. The maximum Gasteiger partial charge on any atom is 0.265 e. The van der Waals surface area contributed by atoms with Gasteiger partial charge in [-0.25, -0.2) is 0 Å². The molecule has 122 valence electrons. The number of rotatable bonds is 4. The molecule has 2 aliphatic rings. The van der Waals surface area contributed by atoms with E-state index in [1.807, 2.05) is 42.5 Å². The van der Waals surface area contributed by atoms with Crippen LogP contribution in [0.1, 0.15) is 18.4 Å². The molecular weight excluding hydrogens is 304 g/mol. The second kappa shape index (κ2) is 6.00. The van der Waals surface area contributed by atoms with Gasteiger partial charge in [0.2, 0.25) is 5.91 Å². The van der Waals surface area contributed by atoms with Crippen LogP contribution in [-0.4, -0.2) is 18.4 Å². The number of hydrogen-bond acceptors (Lipinski definition) is 3. The van der Waals surface area contributed by atoms with E-state index < -0.39 is 0 Å². The van der Waals surface area contributed by atoms with E-state index >= 15 is 0 Å². The highest BCUT2D eigenvalue weighted by Crippen LogP contribution is 2.36. The lowest BCUT2D eigenvalue weighted by atomic mass is 10.1. The third kappa shape index (κ3) is 2.97. The van der Waals surface area contributed by atoms with E-state index in [4.69, 9.17) is 4.74 Å². The Morgan fingerprint density at radius 3 is 2.71 bits per heavy atom. The van der Waals surface area contributed by atoms with E-state index in [0.717, 1.165) is 24.1 Å². The SMILES string of the molecule is O=C(Nc1ccc2c(c1)OCC(=O)N2Cc1ccccc1)C1CC1. The van der Waals surface area contributed by atoms with Gasteiger partial charge in [0.1, 0.15) is 5.75 Å². The van der Waals surface area contributed by atoms with Gasteiger partial charge in [-0.15, -0.1) is 0 Å². The number of amides is 2. The Balaban J connectivity index is 1.57. The fourth-order valence-electron chi connectivity index (χ4n) is 2.81. The minimum atomic E-state index is -0.0684. The zero-order chi connectivity index (χ0) is 16.5. The molecule has 0 aromatic heterocycles. The monoisotopic (exact) mass is 322 g/mol. The molecule has 1 aliphatic heterocycles. The molecule has 2 aromatic rings. The van der Waals surface area contributed by atoms with Crippen LogP contribution < -0.4 is 15.0 Å². The molecule has 0 unspecified atom stereocenters. The summed E-state index contributed by atoms with van der Waals surface area (Å²) in [4.78, 5) is 25.9. The van der Waals surface area contributed by atoms with Crippen LogP contribution in [0.25, 0.3) is 0 Å². The van der Waals surface area contributed by atoms with Gasteiger partial charge in [0, 0.05) is 17.7 Å². The van der Waals surface area contributed by atoms with Crippen LogP contribution >= 0.6 is 0 Å². The van der Waals surface area contributed by atoms with Crippen molar-refractivity contribution in [1.29, 1.82) is 0 Å². The van der Waals surface area contributed by atoms with Crippen LogP contribution in [-0.2, 0) is 16.1 Å². The van der Waals surface area contributed by atoms with Crippen LogP contribution in [0.4, 0.5) is 11.4 Å². The molecular formula is C19H18N2O3. The molecule has 1 N–H and O–H groups in total. The van der Waals surface area contributed by atoms with Crippen molar-refractivity contribution < 1.29 is 14.3 Å². The first-order valence-electron chi connectivity index (χ1n) is 8.13. The van der Waals surface area contributed by atoms with Gasteiger partial charge in [-0.3, -0.25) is 9.59 Å². The highest BCUT2D eigenvalue weighted by atomic mass is 16.5. The number of carbonyl (C=O) groups is 2. The van der Waals surface area contributed by atoms with Crippen LogP contribution in [0, 0.1) is 5.92 Å². The molecule has 1 heterocycles. The van der Waals surface area contributed by atoms with Gasteiger partial charge >= 0.3 is 0 Å². The van der Waals surface area contributed by atoms with E-state index in [2.05, 4.69) is 5.32 Å². The summed E-state index contributed by atoms with van der Waals surface area (Å²) < 4.78 is 5.56. The highest BCUT2D eigenvalue weighted by Gasteiger charge is 2.30. The summed E-state index contributed by atoms with van der Waals surface area (Å²) in [6.45, 7) is 0.518. The topological polar surface area (TPSA) is 58.6 Å². The summed E-state index contributed by atoms with van der Waals surface area (Å²) in [6, 6.07) is 15.3. The fraction of sp³-hybridized carbons (Fsp3) is 0.263. The van der Waals surface area contributed by atoms with Gasteiger partial charge in [0.15, 0.2) is 6.61 Å². The highest BCUT2D eigenvalue weighted by molar-refractivity contribution is 5.99. The maximum absolute atomic E-state index is 12.3. The Bertz CT molecular complexity index is 784.